The normalized spacial score (nSPS) is 19.8. The van der Waals surface area contributed by atoms with Crippen LogP contribution in [0, 0.1) is 0 Å². The molecule has 0 aliphatic carbocycles. The molecule has 0 spiro atoms. The number of nitrogens with one attached hydrogen (secondary N) is 1. The predicted molar refractivity (Wildman–Crippen MR) is 325 cm³/mol. The van der Waals surface area contributed by atoms with Gasteiger partial charge in [-0.2, -0.15) is 0 Å². The van der Waals surface area contributed by atoms with Crippen molar-refractivity contribution in [2.24, 2.45) is 0 Å². The molecular weight excluding hydrogens is 979 g/mol. The SMILES string of the molecule is CCCCCCCCCCC/C=C\C/C=C\CCCCCCCCCCCCCCC(O)C(=O)NC(COC1OC(CO)C(O)C(O)C1O)C(O)C(O)CCC/C=C/CC/C=C/CC/C=C/CCCCCCCCCCCC. The van der Waals surface area contributed by atoms with Crippen LogP contribution in [-0.2, 0) is 14.3 Å². The second-order valence-corrected chi connectivity index (χ2v) is 22.8. The van der Waals surface area contributed by atoms with Crippen LogP contribution < -0.4 is 5.32 Å². The van der Waals surface area contributed by atoms with Gasteiger partial charge in [-0.25, -0.2) is 0 Å². The number of carbonyl (C=O) groups excluding carboxylic acids is 1. The summed E-state index contributed by atoms with van der Waals surface area (Å²) in [6.07, 6.45) is 61.4. The highest BCUT2D eigenvalue weighted by Crippen LogP contribution is 2.23. The lowest BCUT2D eigenvalue weighted by Crippen LogP contribution is -2.60. The Labute approximate surface area is 478 Å². The second kappa shape index (κ2) is 55.3. The molecule has 0 aromatic heterocycles. The van der Waals surface area contributed by atoms with Crippen molar-refractivity contribution >= 4 is 5.91 Å². The fraction of sp³-hybridized carbons (Fsp3) is 0.836. The standard InChI is InChI=1S/C67H123NO10/c1-3-5-7-9-11-13-15-17-19-21-23-25-27-28-29-30-31-33-35-37-39-41-43-45-47-49-51-53-55-60(71)66(76)68-58(57-77-67-65(75)64(74)63(73)61(56-69)78-67)62(72)59(70)54-52-50-48-46-44-42-40-38-36-34-32-26-24-22-20-18-16-14-12-10-8-6-4-2/h23,25-26,28-29,32,38,40,46,48,58-65,67,69-75H,3-22,24,27,30-31,33-37,39,41-45,47,49-57H2,1-2H3,(H,68,76)/b25-23-,29-28-,32-26+,40-38+,48-46+. The third-order valence-corrected chi connectivity index (χ3v) is 15.5. The van der Waals surface area contributed by atoms with Crippen LogP contribution in [0.1, 0.15) is 290 Å². The average Bonchev–Trinajstić information content (AvgIpc) is 3.46. The highest BCUT2D eigenvalue weighted by molar-refractivity contribution is 5.80. The van der Waals surface area contributed by atoms with Crippen LogP contribution in [0.5, 0.6) is 0 Å². The summed E-state index contributed by atoms with van der Waals surface area (Å²) in [5.74, 6) is -0.712. The van der Waals surface area contributed by atoms with Gasteiger partial charge < -0.3 is 50.5 Å². The molecule has 0 bridgehead atoms. The number of allylic oxidation sites excluding steroid dienone is 10. The molecule has 1 amide bonds. The van der Waals surface area contributed by atoms with Crippen molar-refractivity contribution in [2.75, 3.05) is 13.2 Å². The van der Waals surface area contributed by atoms with E-state index in [1.807, 2.05) is 0 Å². The van der Waals surface area contributed by atoms with E-state index in [4.69, 9.17) is 9.47 Å². The molecule has 1 fully saturated rings. The number of ether oxygens (including phenoxy) is 2. The van der Waals surface area contributed by atoms with E-state index in [1.54, 1.807) is 0 Å². The first-order valence-electron chi connectivity index (χ1n) is 32.7. The van der Waals surface area contributed by atoms with E-state index < -0.39 is 74.2 Å². The number of aliphatic hydroxyl groups excluding tert-OH is 7. The van der Waals surface area contributed by atoms with Crippen LogP contribution in [0.3, 0.4) is 0 Å². The Bertz CT molecular complexity index is 1450. The zero-order valence-electron chi connectivity index (χ0n) is 50.1. The van der Waals surface area contributed by atoms with E-state index >= 15 is 0 Å². The molecule has 78 heavy (non-hydrogen) atoms. The zero-order valence-corrected chi connectivity index (χ0v) is 50.1. The molecule has 0 radical (unpaired) electrons. The van der Waals surface area contributed by atoms with Gasteiger partial charge in [-0.1, -0.05) is 254 Å². The quantitative estimate of drug-likeness (QED) is 0.0215. The van der Waals surface area contributed by atoms with Gasteiger partial charge in [0.2, 0.25) is 5.91 Å². The molecule has 1 aliphatic rings. The van der Waals surface area contributed by atoms with Crippen molar-refractivity contribution in [1.82, 2.24) is 5.32 Å². The van der Waals surface area contributed by atoms with Gasteiger partial charge in [-0.15, -0.1) is 0 Å². The molecule has 9 atom stereocenters. The summed E-state index contributed by atoms with van der Waals surface area (Å²) in [4.78, 5) is 13.2. The Balaban J connectivity index is 2.28. The summed E-state index contributed by atoms with van der Waals surface area (Å²) in [5, 5.41) is 76.3. The van der Waals surface area contributed by atoms with Crippen molar-refractivity contribution < 1.29 is 50.0 Å². The summed E-state index contributed by atoms with van der Waals surface area (Å²) in [6, 6.07) is -1.20. The summed E-state index contributed by atoms with van der Waals surface area (Å²) in [6.45, 7) is 3.46. The van der Waals surface area contributed by atoms with Crippen LogP contribution in [0.15, 0.2) is 60.8 Å². The molecule has 11 nitrogen and oxygen atoms in total. The molecule has 11 heteroatoms. The Hall–Kier alpha value is -2.19. The molecule has 1 saturated heterocycles. The molecular formula is C67H123NO10. The lowest BCUT2D eigenvalue weighted by Gasteiger charge is -2.40. The first kappa shape index (κ1) is 73.8. The van der Waals surface area contributed by atoms with Gasteiger partial charge in [0.15, 0.2) is 6.29 Å². The van der Waals surface area contributed by atoms with Crippen LogP contribution in [0.4, 0.5) is 0 Å². The molecule has 1 heterocycles. The zero-order chi connectivity index (χ0) is 56.8. The minimum absolute atomic E-state index is 0.239. The fourth-order valence-electron chi connectivity index (χ4n) is 10.2. The topological polar surface area (TPSA) is 189 Å². The van der Waals surface area contributed by atoms with Gasteiger partial charge in [0.1, 0.15) is 36.6 Å². The molecule has 8 N–H and O–H groups in total. The van der Waals surface area contributed by atoms with E-state index in [1.165, 1.54) is 193 Å². The summed E-state index contributed by atoms with van der Waals surface area (Å²) >= 11 is 0. The van der Waals surface area contributed by atoms with E-state index in [0.29, 0.717) is 19.3 Å². The summed E-state index contributed by atoms with van der Waals surface area (Å²) in [5.41, 5.74) is 0. The van der Waals surface area contributed by atoms with Crippen molar-refractivity contribution in [1.29, 1.82) is 0 Å². The lowest BCUT2D eigenvalue weighted by atomic mass is 9.98. The van der Waals surface area contributed by atoms with Crippen molar-refractivity contribution in [3.8, 4) is 0 Å². The molecule has 0 aromatic carbocycles. The molecule has 9 unspecified atom stereocenters. The van der Waals surface area contributed by atoms with Crippen LogP contribution in [-0.4, -0.2) is 110 Å². The van der Waals surface area contributed by atoms with Gasteiger partial charge in [0, 0.05) is 0 Å². The van der Waals surface area contributed by atoms with Crippen LogP contribution >= 0.6 is 0 Å². The molecule has 456 valence electrons. The molecule has 1 aliphatic heterocycles. The van der Waals surface area contributed by atoms with E-state index in [-0.39, 0.29) is 12.8 Å². The Morgan fingerprint density at radius 1 is 0.449 bits per heavy atom. The Kier molecular flexibility index (Phi) is 52.4. The van der Waals surface area contributed by atoms with Gasteiger partial charge in [0.25, 0.3) is 0 Å². The van der Waals surface area contributed by atoms with E-state index in [0.717, 1.165) is 51.4 Å². The first-order valence-corrected chi connectivity index (χ1v) is 32.7. The minimum Gasteiger partial charge on any atom is -0.394 e. The smallest absolute Gasteiger partial charge is 0.249 e. The fourth-order valence-corrected chi connectivity index (χ4v) is 10.2. The molecule has 0 aromatic rings. The lowest BCUT2D eigenvalue weighted by molar-refractivity contribution is -0.303. The van der Waals surface area contributed by atoms with Gasteiger partial charge >= 0.3 is 0 Å². The summed E-state index contributed by atoms with van der Waals surface area (Å²) < 4.78 is 11.2. The van der Waals surface area contributed by atoms with Gasteiger partial charge in [-0.3, -0.25) is 4.79 Å². The monoisotopic (exact) mass is 1100 g/mol. The predicted octanol–water partition coefficient (Wildman–Crippen LogP) is 15.0. The molecule has 1 rings (SSSR count). The number of amides is 1. The Morgan fingerprint density at radius 2 is 0.808 bits per heavy atom. The number of rotatable bonds is 56. The van der Waals surface area contributed by atoms with Crippen molar-refractivity contribution in [3.05, 3.63) is 60.8 Å². The van der Waals surface area contributed by atoms with Gasteiger partial charge in [-0.05, 0) is 96.3 Å². The second-order valence-electron chi connectivity index (χ2n) is 22.8. The van der Waals surface area contributed by atoms with Crippen molar-refractivity contribution in [3.63, 3.8) is 0 Å². The van der Waals surface area contributed by atoms with E-state index in [2.05, 4.69) is 79.9 Å². The number of carbonyl (C=O) groups is 1. The highest BCUT2D eigenvalue weighted by atomic mass is 16.7. The van der Waals surface area contributed by atoms with Gasteiger partial charge in [0.05, 0.1) is 25.4 Å². The van der Waals surface area contributed by atoms with Crippen LogP contribution in [0.25, 0.3) is 0 Å². The first-order chi connectivity index (χ1) is 38.2. The third-order valence-electron chi connectivity index (χ3n) is 15.5. The number of hydrogen-bond acceptors (Lipinski definition) is 10. The minimum atomic E-state index is -1.68. The van der Waals surface area contributed by atoms with Crippen LogP contribution in [0.2, 0.25) is 0 Å². The number of aliphatic hydroxyl groups is 7. The largest absolute Gasteiger partial charge is 0.394 e. The number of hydrogen-bond donors (Lipinski definition) is 8. The third kappa shape index (κ3) is 42.6. The summed E-state index contributed by atoms with van der Waals surface area (Å²) in [7, 11) is 0. The average molecular weight is 1100 g/mol. The highest BCUT2D eigenvalue weighted by Gasteiger charge is 2.44. The maximum Gasteiger partial charge on any atom is 0.249 e. The maximum atomic E-state index is 13.2. The number of unbranched alkanes of at least 4 members (excludes halogenated alkanes) is 34. The molecule has 0 saturated carbocycles. The Morgan fingerprint density at radius 3 is 1.22 bits per heavy atom. The van der Waals surface area contributed by atoms with E-state index in [9.17, 15) is 40.5 Å². The maximum absolute atomic E-state index is 13.2. The van der Waals surface area contributed by atoms with Crippen molar-refractivity contribution in [2.45, 2.75) is 345 Å².